The van der Waals surface area contributed by atoms with E-state index < -0.39 is 0 Å². The Labute approximate surface area is 142 Å². The van der Waals surface area contributed by atoms with Gasteiger partial charge >= 0.3 is 0 Å². The highest BCUT2D eigenvalue weighted by atomic mass is 32.1. The number of aryl methyl sites for hydroxylation is 1. The predicted octanol–water partition coefficient (Wildman–Crippen LogP) is 1.56. The highest BCUT2D eigenvalue weighted by molar-refractivity contribution is 7.11. The van der Waals surface area contributed by atoms with Crippen LogP contribution in [-0.4, -0.2) is 54.5 Å². The minimum Gasteiger partial charge on any atom is -0.357 e. The van der Waals surface area contributed by atoms with Crippen LogP contribution in [0.25, 0.3) is 0 Å². The standard InChI is InChI=1S/C16H27N5OS/c1-3-17-16(18-8-6-14-20-12-13(2)23-14)19-9-7-15(22)21-10-4-5-11-21/h12H,3-11H2,1-2H3,(H2,17,18,19). The van der Waals surface area contributed by atoms with Crippen molar-refractivity contribution in [1.82, 2.24) is 20.5 Å². The number of nitrogens with one attached hydrogen (secondary N) is 2. The lowest BCUT2D eigenvalue weighted by Crippen LogP contribution is -2.39. The van der Waals surface area contributed by atoms with Gasteiger partial charge in [-0.05, 0) is 26.7 Å². The molecule has 0 unspecified atom stereocenters. The number of thiazole rings is 1. The van der Waals surface area contributed by atoms with Gasteiger partial charge in [-0.2, -0.15) is 0 Å². The van der Waals surface area contributed by atoms with E-state index in [4.69, 9.17) is 0 Å². The van der Waals surface area contributed by atoms with E-state index in [1.54, 1.807) is 11.3 Å². The summed E-state index contributed by atoms with van der Waals surface area (Å²) in [7, 11) is 0. The predicted molar refractivity (Wildman–Crippen MR) is 95.0 cm³/mol. The van der Waals surface area contributed by atoms with Gasteiger partial charge in [0.1, 0.15) is 0 Å². The average Bonchev–Trinajstić information content (AvgIpc) is 3.19. The summed E-state index contributed by atoms with van der Waals surface area (Å²) in [5, 5.41) is 7.57. The molecule has 128 valence electrons. The molecule has 1 aromatic heterocycles. The van der Waals surface area contributed by atoms with Crippen LogP contribution in [0.5, 0.6) is 0 Å². The quantitative estimate of drug-likeness (QED) is 0.585. The molecule has 2 heterocycles. The number of aromatic nitrogens is 1. The molecule has 6 nitrogen and oxygen atoms in total. The number of guanidine groups is 1. The number of amides is 1. The van der Waals surface area contributed by atoms with E-state index in [-0.39, 0.29) is 5.91 Å². The van der Waals surface area contributed by atoms with Crippen LogP contribution in [0.1, 0.15) is 36.1 Å². The molecular formula is C16H27N5OS. The Hall–Kier alpha value is -1.63. The van der Waals surface area contributed by atoms with E-state index >= 15 is 0 Å². The first-order valence-electron chi connectivity index (χ1n) is 8.40. The summed E-state index contributed by atoms with van der Waals surface area (Å²) in [6.45, 7) is 8.06. The van der Waals surface area contributed by atoms with Crippen molar-refractivity contribution in [2.75, 3.05) is 32.7 Å². The molecule has 1 fully saturated rings. The molecule has 2 N–H and O–H groups in total. The van der Waals surface area contributed by atoms with E-state index in [0.717, 1.165) is 49.9 Å². The Morgan fingerprint density at radius 3 is 2.83 bits per heavy atom. The van der Waals surface area contributed by atoms with Crippen molar-refractivity contribution in [3.8, 4) is 0 Å². The third kappa shape index (κ3) is 6.17. The van der Waals surface area contributed by atoms with Crippen LogP contribution in [0.3, 0.4) is 0 Å². The molecule has 1 aliphatic heterocycles. The van der Waals surface area contributed by atoms with E-state index in [9.17, 15) is 4.79 Å². The molecule has 0 aromatic carbocycles. The number of carbonyl (C=O) groups is 1. The van der Waals surface area contributed by atoms with Gasteiger partial charge in [0, 0.05) is 56.6 Å². The van der Waals surface area contributed by atoms with Crippen molar-refractivity contribution < 1.29 is 4.79 Å². The van der Waals surface area contributed by atoms with Crippen LogP contribution in [0.2, 0.25) is 0 Å². The zero-order valence-corrected chi connectivity index (χ0v) is 14.9. The third-order valence-electron chi connectivity index (χ3n) is 3.70. The van der Waals surface area contributed by atoms with Crippen LogP contribution in [-0.2, 0) is 11.2 Å². The second-order valence-electron chi connectivity index (χ2n) is 5.64. The monoisotopic (exact) mass is 337 g/mol. The molecule has 0 spiro atoms. The first kappa shape index (κ1) is 17.7. The zero-order chi connectivity index (χ0) is 16.5. The molecule has 7 heteroatoms. The summed E-state index contributed by atoms with van der Waals surface area (Å²) in [6.07, 6.45) is 5.55. The van der Waals surface area contributed by atoms with Gasteiger partial charge in [0.2, 0.25) is 5.91 Å². The highest BCUT2D eigenvalue weighted by Gasteiger charge is 2.17. The second kappa shape index (κ2) is 9.50. The fourth-order valence-electron chi connectivity index (χ4n) is 2.53. The van der Waals surface area contributed by atoms with E-state index in [1.165, 1.54) is 4.88 Å². The Bertz CT molecular complexity index is 522. The summed E-state index contributed by atoms with van der Waals surface area (Å²) in [4.78, 5) is 24.1. The first-order valence-corrected chi connectivity index (χ1v) is 9.22. The lowest BCUT2D eigenvalue weighted by Gasteiger charge is -2.16. The summed E-state index contributed by atoms with van der Waals surface area (Å²) >= 11 is 1.72. The van der Waals surface area contributed by atoms with Gasteiger partial charge in [0.25, 0.3) is 0 Å². The first-order chi connectivity index (χ1) is 11.2. The van der Waals surface area contributed by atoms with Crippen LogP contribution < -0.4 is 10.6 Å². The fourth-order valence-corrected chi connectivity index (χ4v) is 3.31. The Kier molecular flexibility index (Phi) is 7.32. The van der Waals surface area contributed by atoms with Crippen LogP contribution in [0, 0.1) is 6.92 Å². The second-order valence-corrected chi connectivity index (χ2v) is 6.96. The molecule has 1 saturated heterocycles. The molecule has 0 aliphatic carbocycles. The Morgan fingerprint density at radius 2 is 2.17 bits per heavy atom. The summed E-state index contributed by atoms with van der Waals surface area (Å²) < 4.78 is 0. The van der Waals surface area contributed by atoms with Crippen LogP contribution >= 0.6 is 11.3 Å². The number of hydrogen-bond donors (Lipinski definition) is 2. The largest absolute Gasteiger partial charge is 0.357 e. The van der Waals surface area contributed by atoms with Gasteiger partial charge in [-0.25, -0.2) is 4.98 Å². The van der Waals surface area contributed by atoms with Gasteiger partial charge in [-0.3, -0.25) is 9.79 Å². The average molecular weight is 337 g/mol. The van der Waals surface area contributed by atoms with Gasteiger partial charge < -0.3 is 15.5 Å². The molecule has 2 rings (SSSR count). The van der Waals surface area contributed by atoms with E-state index in [0.29, 0.717) is 19.5 Å². The van der Waals surface area contributed by atoms with Crippen molar-refractivity contribution in [2.45, 2.75) is 39.5 Å². The molecule has 0 radical (unpaired) electrons. The van der Waals surface area contributed by atoms with Gasteiger partial charge in [0.05, 0.1) is 5.01 Å². The minimum atomic E-state index is 0.240. The number of hydrogen-bond acceptors (Lipinski definition) is 4. The van der Waals surface area contributed by atoms with Crippen LogP contribution in [0.15, 0.2) is 11.2 Å². The number of nitrogens with zero attached hydrogens (tertiary/aromatic N) is 3. The number of likely N-dealkylation sites (tertiary alicyclic amines) is 1. The lowest BCUT2D eigenvalue weighted by atomic mass is 10.3. The normalized spacial score (nSPS) is 15.0. The zero-order valence-electron chi connectivity index (χ0n) is 14.1. The molecule has 0 atom stereocenters. The third-order valence-corrected chi connectivity index (χ3v) is 4.67. The maximum absolute atomic E-state index is 12.0. The Balaban J connectivity index is 1.71. The smallest absolute Gasteiger partial charge is 0.224 e. The van der Waals surface area contributed by atoms with Crippen molar-refractivity contribution in [3.63, 3.8) is 0 Å². The van der Waals surface area contributed by atoms with Crippen molar-refractivity contribution >= 4 is 23.2 Å². The minimum absolute atomic E-state index is 0.240. The summed E-state index contributed by atoms with van der Waals surface area (Å²) in [6, 6.07) is 0. The number of carbonyl (C=O) groups excluding carboxylic acids is 1. The topological polar surface area (TPSA) is 69.6 Å². The molecule has 23 heavy (non-hydrogen) atoms. The van der Waals surface area contributed by atoms with Crippen molar-refractivity contribution in [3.05, 3.63) is 16.1 Å². The lowest BCUT2D eigenvalue weighted by molar-refractivity contribution is -0.129. The molecule has 1 aromatic rings. The van der Waals surface area contributed by atoms with Gasteiger partial charge in [-0.1, -0.05) is 0 Å². The van der Waals surface area contributed by atoms with Crippen molar-refractivity contribution in [2.24, 2.45) is 4.99 Å². The van der Waals surface area contributed by atoms with E-state index in [1.807, 2.05) is 18.0 Å². The molecule has 1 amide bonds. The fraction of sp³-hybridized carbons (Fsp3) is 0.688. The summed E-state index contributed by atoms with van der Waals surface area (Å²) in [5.74, 6) is 1.01. The summed E-state index contributed by atoms with van der Waals surface area (Å²) in [5.41, 5.74) is 0. The molecular weight excluding hydrogens is 310 g/mol. The number of rotatable bonds is 7. The molecule has 0 bridgehead atoms. The number of aliphatic imine (C=N–C) groups is 1. The van der Waals surface area contributed by atoms with Crippen molar-refractivity contribution in [1.29, 1.82) is 0 Å². The van der Waals surface area contributed by atoms with Gasteiger partial charge in [0.15, 0.2) is 5.96 Å². The SMILES string of the molecule is CCNC(=NCCc1ncc(C)s1)NCCC(=O)N1CCCC1. The molecule has 0 saturated carbocycles. The highest BCUT2D eigenvalue weighted by Crippen LogP contribution is 2.11. The maximum atomic E-state index is 12.0. The van der Waals surface area contributed by atoms with Crippen LogP contribution in [0.4, 0.5) is 0 Å². The molecule has 1 aliphatic rings. The maximum Gasteiger partial charge on any atom is 0.224 e. The van der Waals surface area contributed by atoms with Gasteiger partial charge in [-0.15, -0.1) is 11.3 Å². The van der Waals surface area contributed by atoms with E-state index in [2.05, 4.69) is 27.5 Å². The Morgan fingerprint density at radius 1 is 1.39 bits per heavy atom.